The predicted molar refractivity (Wildman–Crippen MR) is 161 cm³/mol. The van der Waals surface area contributed by atoms with Crippen molar-refractivity contribution in [3.05, 3.63) is 95.9 Å². The van der Waals surface area contributed by atoms with Gasteiger partial charge in [-0.1, -0.05) is 42.5 Å². The predicted octanol–water partition coefficient (Wildman–Crippen LogP) is 5.46. The van der Waals surface area contributed by atoms with Crippen LogP contribution in [0, 0.1) is 0 Å². The molecule has 3 aromatic heterocycles. The maximum atomic E-state index is 13.4. The molecule has 5 aromatic rings. The summed E-state index contributed by atoms with van der Waals surface area (Å²) in [7, 11) is 0. The first-order valence-electron chi connectivity index (χ1n) is 13.8. The Labute approximate surface area is 243 Å². The SMILES string of the molecule is CC(C)(C)OC(=O)NCCNc1ccc(C(=O)NC2c3ccccc3-c3c(-c4nc5ccncc5[nH]4)cccc32)cn1. The molecule has 1 aliphatic rings. The standard InChI is InChI=1S/C32H31N7O3/c1-32(2,3)42-31(41)35-16-15-34-26-12-11-19(17-36-26)30(40)39-28-21-8-5-4-7-20(21)27-22(28)9-6-10-23(27)29-37-24-13-14-33-18-25(24)38-29/h4-14,17-18,28H,15-16H2,1-3H3,(H,34,36)(H,35,41)(H,37,38)(H,39,40). The number of nitrogens with zero attached hydrogens (tertiary/aromatic N) is 3. The number of amides is 2. The summed E-state index contributed by atoms with van der Waals surface area (Å²) in [5.41, 5.74) is 6.70. The van der Waals surface area contributed by atoms with Crippen molar-refractivity contribution in [3.63, 3.8) is 0 Å². The second-order valence-electron chi connectivity index (χ2n) is 11.0. The Morgan fingerprint density at radius 3 is 2.52 bits per heavy atom. The van der Waals surface area contributed by atoms with Gasteiger partial charge in [0.25, 0.3) is 5.91 Å². The van der Waals surface area contributed by atoms with E-state index in [2.05, 4.69) is 37.0 Å². The molecule has 10 heteroatoms. The van der Waals surface area contributed by atoms with Gasteiger partial charge in [0.2, 0.25) is 0 Å². The average Bonchev–Trinajstić information content (AvgIpc) is 3.54. The van der Waals surface area contributed by atoms with Gasteiger partial charge in [-0.25, -0.2) is 14.8 Å². The van der Waals surface area contributed by atoms with E-state index in [4.69, 9.17) is 9.72 Å². The van der Waals surface area contributed by atoms with E-state index >= 15 is 0 Å². The number of hydrogen-bond acceptors (Lipinski definition) is 7. The number of benzene rings is 2. The van der Waals surface area contributed by atoms with Crippen LogP contribution in [-0.4, -0.2) is 50.6 Å². The van der Waals surface area contributed by atoms with Gasteiger partial charge in [0, 0.05) is 31.0 Å². The summed E-state index contributed by atoms with van der Waals surface area (Å²) in [6.07, 6.45) is 4.56. The molecule has 0 saturated heterocycles. The van der Waals surface area contributed by atoms with Crippen LogP contribution in [0.15, 0.2) is 79.3 Å². The van der Waals surface area contributed by atoms with Gasteiger partial charge in [0.1, 0.15) is 17.2 Å². The van der Waals surface area contributed by atoms with E-state index in [1.807, 2.05) is 63.2 Å². The first kappa shape index (κ1) is 26.9. The van der Waals surface area contributed by atoms with Crippen LogP contribution in [0.1, 0.15) is 48.3 Å². The van der Waals surface area contributed by atoms with Crippen LogP contribution in [0.25, 0.3) is 33.5 Å². The number of aromatic amines is 1. The van der Waals surface area contributed by atoms with E-state index in [0.717, 1.165) is 44.7 Å². The number of ether oxygens (including phenoxy) is 1. The summed E-state index contributed by atoms with van der Waals surface area (Å²) in [6, 6.07) is 19.2. The van der Waals surface area contributed by atoms with Gasteiger partial charge in [-0.05, 0) is 61.2 Å². The number of imidazole rings is 1. The van der Waals surface area contributed by atoms with E-state index in [9.17, 15) is 9.59 Å². The fraction of sp³-hybridized carbons (Fsp3) is 0.219. The van der Waals surface area contributed by atoms with Crippen LogP contribution in [0.5, 0.6) is 0 Å². The van der Waals surface area contributed by atoms with Gasteiger partial charge in [0.15, 0.2) is 0 Å². The summed E-state index contributed by atoms with van der Waals surface area (Å²) in [4.78, 5) is 41.9. The third kappa shape index (κ3) is 5.51. The largest absolute Gasteiger partial charge is 0.444 e. The maximum Gasteiger partial charge on any atom is 0.407 e. The smallest absolute Gasteiger partial charge is 0.407 e. The molecular weight excluding hydrogens is 530 g/mol. The van der Waals surface area contributed by atoms with Crippen LogP contribution in [0.3, 0.4) is 0 Å². The van der Waals surface area contributed by atoms with Crippen molar-refractivity contribution in [2.45, 2.75) is 32.4 Å². The second-order valence-corrected chi connectivity index (χ2v) is 11.0. The molecule has 42 heavy (non-hydrogen) atoms. The van der Waals surface area contributed by atoms with E-state index in [1.165, 1.54) is 0 Å². The molecule has 6 rings (SSSR count). The van der Waals surface area contributed by atoms with Gasteiger partial charge in [-0.3, -0.25) is 9.78 Å². The number of alkyl carbamates (subject to hydrolysis) is 1. The summed E-state index contributed by atoms with van der Waals surface area (Å²) in [5, 5.41) is 9.04. The highest BCUT2D eigenvalue weighted by Gasteiger charge is 2.32. The van der Waals surface area contributed by atoms with Gasteiger partial charge in [-0.2, -0.15) is 0 Å². The van der Waals surface area contributed by atoms with Gasteiger partial charge >= 0.3 is 6.09 Å². The normalized spacial score (nSPS) is 13.7. The quantitative estimate of drug-likeness (QED) is 0.194. The zero-order chi connectivity index (χ0) is 29.3. The minimum Gasteiger partial charge on any atom is -0.444 e. The molecule has 0 aliphatic heterocycles. The Hall–Kier alpha value is -5.25. The number of carbonyl (C=O) groups excluding carboxylic acids is 2. The molecular formula is C32H31N7O3. The molecule has 1 aliphatic carbocycles. The maximum absolute atomic E-state index is 13.4. The molecule has 2 aromatic carbocycles. The Bertz CT molecular complexity index is 1740. The van der Waals surface area contributed by atoms with Crippen molar-refractivity contribution >= 4 is 28.9 Å². The second kappa shape index (κ2) is 11.0. The van der Waals surface area contributed by atoms with Crippen LogP contribution in [-0.2, 0) is 4.74 Å². The molecule has 0 saturated carbocycles. The number of aromatic nitrogens is 4. The number of nitrogens with one attached hydrogen (secondary N) is 4. The lowest BCUT2D eigenvalue weighted by Gasteiger charge is -2.19. The topological polar surface area (TPSA) is 134 Å². The lowest BCUT2D eigenvalue weighted by atomic mass is 9.98. The van der Waals surface area contributed by atoms with Gasteiger partial charge in [0.05, 0.1) is 28.8 Å². The molecule has 1 atom stereocenters. The Balaban J connectivity index is 1.17. The summed E-state index contributed by atoms with van der Waals surface area (Å²) < 4.78 is 5.23. The average molecular weight is 562 g/mol. The molecule has 0 spiro atoms. The number of pyridine rings is 2. The number of hydrogen-bond donors (Lipinski definition) is 4. The van der Waals surface area contributed by atoms with Crippen molar-refractivity contribution in [2.24, 2.45) is 0 Å². The van der Waals surface area contributed by atoms with Crippen LogP contribution in [0.4, 0.5) is 10.6 Å². The molecule has 10 nitrogen and oxygen atoms in total. The molecule has 4 N–H and O–H groups in total. The van der Waals surface area contributed by atoms with Crippen molar-refractivity contribution in [1.29, 1.82) is 0 Å². The van der Waals surface area contributed by atoms with Crippen LogP contribution < -0.4 is 16.0 Å². The van der Waals surface area contributed by atoms with Crippen molar-refractivity contribution in [2.75, 3.05) is 18.4 Å². The highest BCUT2D eigenvalue weighted by atomic mass is 16.6. The highest BCUT2D eigenvalue weighted by molar-refractivity contribution is 5.97. The van der Waals surface area contributed by atoms with Crippen molar-refractivity contribution in [3.8, 4) is 22.5 Å². The van der Waals surface area contributed by atoms with Gasteiger partial charge in [-0.15, -0.1) is 0 Å². The minimum atomic E-state index is -0.549. The summed E-state index contributed by atoms with van der Waals surface area (Å²) in [5.74, 6) is 1.12. The molecule has 212 valence electrons. The molecule has 2 amide bonds. The zero-order valence-electron chi connectivity index (χ0n) is 23.6. The fourth-order valence-corrected chi connectivity index (χ4v) is 5.11. The third-order valence-corrected chi connectivity index (χ3v) is 6.89. The monoisotopic (exact) mass is 561 g/mol. The number of fused-ring (bicyclic) bond motifs is 4. The number of H-pyrrole nitrogens is 1. The van der Waals surface area contributed by atoms with Crippen molar-refractivity contribution in [1.82, 2.24) is 30.6 Å². The molecule has 1 unspecified atom stereocenters. The lowest BCUT2D eigenvalue weighted by molar-refractivity contribution is 0.0529. The molecule has 0 bridgehead atoms. The Kier molecular flexibility index (Phi) is 7.03. The van der Waals surface area contributed by atoms with E-state index in [0.29, 0.717) is 24.5 Å². The first-order chi connectivity index (χ1) is 20.3. The number of rotatable bonds is 7. The highest BCUT2D eigenvalue weighted by Crippen LogP contribution is 2.47. The summed E-state index contributed by atoms with van der Waals surface area (Å²) >= 11 is 0. The molecule has 0 fully saturated rings. The van der Waals surface area contributed by atoms with Crippen molar-refractivity contribution < 1.29 is 14.3 Å². The van der Waals surface area contributed by atoms with E-state index in [-0.39, 0.29) is 11.9 Å². The minimum absolute atomic E-state index is 0.228. The molecule has 0 radical (unpaired) electrons. The fourth-order valence-electron chi connectivity index (χ4n) is 5.11. The molecule has 3 heterocycles. The van der Waals surface area contributed by atoms with Gasteiger partial charge < -0.3 is 25.7 Å². The van der Waals surface area contributed by atoms with Crippen LogP contribution >= 0.6 is 0 Å². The lowest BCUT2D eigenvalue weighted by Crippen LogP contribution is -2.35. The zero-order valence-corrected chi connectivity index (χ0v) is 23.6. The van der Waals surface area contributed by atoms with Crippen LogP contribution in [0.2, 0.25) is 0 Å². The third-order valence-electron chi connectivity index (χ3n) is 6.89. The summed E-state index contributed by atoms with van der Waals surface area (Å²) in [6.45, 7) is 6.27. The Morgan fingerprint density at radius 2 is 1.74 bits per heavy atom. The number of anilines is 1. The van der Waals surface area contributed by atoms with E-state index < -0.39 is 11.7 Å². The van der Waals surface area contributed by atoms with E-state index in [1.54, 1.807) is 30.7 Å². The number of carbonyl (C=O) groups is 2. The first-order valence-corrected chi connectivity index (χ1v) is 13.8. The Morgan fingerprint density at radius 1 is 0.929 bits per heavy atom.